The smallest absolute Gasteiger partial charge is 0.416 e. The number of aryl methyl sites for hydroxylation is 1. The van der Waals surface area contributed by atoms with Crippen LogP contribution >= 0.6 is 0 Å². The number of carbonyl (C=O) groups excluding carboxylic acids is 1. The molecule has 0 saturated heterocycles. The zero-order valence-electron chi connectivity index (χ0n) is 11.4. The summed E-state index contributed by atoms with van der Waals surface area (Å²) in [6.07, 6.45) is -1.12. The van der Waals surface area contributed by atoms with E-state index in [1.807, 2.05) is 0 Å². The standard InChI is InChI=1S/C15H17F3O3/c16-15(17,18)12-8-5-7-11(10-12)6-3-1-2-4-9-13(19)14(20)21/h5,7-8,10H,1-4,6,9H2,(H,20,21). The first-order valence-electron chi connectivity index (χ1n) is 6.73. The number of aliphatic carboxylic acids is 1. The molecule has 0 atom stereocenters. The number of unbranched alkanes of at least 4 members (excludes halogenated alkanes) is 3. The summed E-state index contributed by atoms with van der Waals surface area (Å²) in [4.78, 5) is 21.1. The van der Waals surface area contributed by atoms with Crippen LogP contribution < -0.4 is 0 Å². The number of halogens is 3. The number of carboxylic acids is 1. The van der Waals surface area contributed by atoms with Crippen molar-refractivity contribution in [3.8, 4) is 0 Å². The summed E-state index contributed by atoms with van der Waals surface area (Å²) in [7, 11) is 0. The summed E-state index contributed by atoms with van der Waals surface area (Å²) in [5.74, 6) is -2.22. The average molecular weight is 302 g/mol. The van der Waals surface area contributed by atoms with E-state index < -0.39 is 23.5 Å². The summed E-state index contributed by atoms with van der Waals surface area (Å²) in [5, 5.41) is 8.38. The van der Waals surface area contributed by atoms with Crippen molar-refractivity contribution in [2.24, 2.45) is 0 Å². The Balaban J connectivity index is 2.27. The molecule has 0 heterocycles. The molecular weight excluding hydrogens is 285 g/mol. The van der Waals surface area contributed by atoms with Crippen molar-refractivity contribution < 1.29 is 27.9 Å². The van der Waals surface area contributed by atoms with Crippen LogP contribution in [-0.4, -0.2) is 16.9 Å². The van der Waals surface area contributed by atoms with Crippen molar-refractivity contribution in [2.75, 3.05) is 0 Å². The number of hydrogen-bond donors (Lipinski definition) is 1. The quantitative estimate of drug-likeness (QED) is 0.586. The first-order chi connectivity index (χ1) is 9.80. The SMILES string of the molecule is O=C(O)C(=O)CCCCCCc1cccc(C(F)(F)F)c1. The number of carboxylic acid groups (broad SMARTS) is 1. The van der Waals surface area contributed by atoms with Crippen LogP contribution in [0.5, 0.6) is 0 Å². The number of rotatable bonds is 8. The Kier molecular flexibility index (Phi) is 6.39. The van der Waals surface area contributed by atoms with Gasteiger partial charge >= 0.3 is 12.1 Å². The fourth-order valence-electron chi connectivity index (χ4n) is 1.98. The second-order valence-electron chi connectivity index (χ2n) is 4.84. The van der Waals surface area contributed by atoms with E-state index in [2.05, 4.69) is 0 Å². The number of hydrogen-bond acceptors (Lipinski definition) is 2. The van der Waals surface area contributed by atoms with Gasteiger partial charge in [-0.15, -0.1) is 0 Å². The highest BCUT2D eigenvalue weighted by molar-refractivity contribution is 6.32. The Morgan fingerprint density at radius 1 is 1.05 bits per heavy atom. The van der Waals surface area contributed by atoms with Crippen LogP contribution in [-0.2, 0) is 22.2 Å². The molecule has 1 rings (SSSR count). The van der Waals surface area contributed by atoms with Crippen LogP contribution in [0.15, 0.2) is 24.3 Å². The molecule has 0 aliphatic carbocycles. The lowest BCUT2D eigenvalue weighted by Crippen LogP contribution is -2.11. The molecule has 21 heavy (non-hydrogen) atoms. The molecule has 0 aliphatic heterocycles. The molecule has 0 aromatic heterocycles. The summed E-state index contributed by atoms with van der Waals surface area (Å²) >= 11 is 0. The minimum atomic E-state index is -4.33. The van der Waals surface area contributed by atoms with Crippen LogP contribution in [0, 0.1) is 0 Å². The molecule has 1 aromatic carbocycles. The van der Waals surface area contributed by atoms with Gasteiger partial charge < -0.3 is 5.11 Å². The zero-order chi connectivity index (χ0) is 15.9. The molecule has 0 fully saturated rings. The highest BCUT2D eigenvalue weighted by atomic mass is 19.4. The molecular formula is C15H17F3O3. The molecule has 6 heteroatoms. The Bertz CT molecular complexity index is 495. The van der Waals surface area contributed by atoms with E-state index in [0.717, 1.165) is 18.6 Å². The molecule has 0 spiro atoms. The molecule has 0 radical (unpaired) electrons. The van der Waals surface area contributed by atoms with Gasteiger partial charge in [-0.1, -0.05) is 31.0 Å². The third-order valence-corrected chi connectivity index (χ3v) is 3.11. The lowest BCUT2D eigenvalue weighted by Gasteiger charge is -2.08. The molecule has 1 N–H and O–H groups in total. The van der Waals surface area contributed by atoms with E-state index in [9.17, 15) is 22.8 Å². The molecule has 0 aliphatic rings. The van der Waals surface area contributed by atoms with Gasteiger partial charge in [0.05, 0.1) is 5.56 Å². The maximum atomic E-state index is 12.5. The largest absolute Gasteiger partial charge is 0.476 e. The lowest BCUT2D eigenvalue weighted by atomic mass is 10.0. The molecule has 0 saturated carbocycles. The molecule has 0 bridgehead atoms. The second kappa shape index (κ2) is 7.81. The van der Waals surface area contributed by atoms with Crippen LogP contribution in [0.2, 0.25) is 0 Å². The van der Waals surface area contributed by atoms with Crippen LogP contribution in [0.3, 0.4) is 0 Å². The summed E-state index contributed by atoms with van der Waals surface area (Å²) in [6, 6.07) is 5.24. The third kappa shape index (κ3) is 6.42. The molecule has 0 unspecified atom stereocenters. The Hall–Kier alpha value is -1.85. The van der Waals surface area contributed by atoms with Gasteiger partial charge in [-0.3, -0.25) is 4.79 Å². The van der Waals surface area contributed by atoms with E-state index in [0.29, 0.717) is 31.2 Å². The predicted molar refractivity (Wildman–Crippen MR) is 70.9 cm³/mol. The highest BCUT2D eigenvalue weighted by Crippen LogP contribution is 2.29. The van der Waals surface area contributed by atoms with Crippen LogP contribution in [0.4, 0.5) is 13.2 Å². The van der Waals surface area contributed by atoms with Crippen molar-refractivity contribution in [1.82, 2.24) is 0 Å². The fourth-order valence-corrected chi connectivity index (χ4v) is 1.98. The number of alkyl halides is 3. The van der Waals surface area contributed by atoms with Crippen molar-refractivity contribution in [2.45, 2.75) is 44.7 Å². The number of benzene rings is 1. The minimum Gasteiger partial charge on any atom is -0.476 e. The normalized spacial score (nSPS) is 11.4. The number of ketones is 1. The van der Waals surface area contributed by atoms with Crippen molar-refractivity contribution in [3.05, 3.63) is 35.4 Å². The van der Waals surface area contributed by atoms with Crippen LogP contribution in [0.1, 0.15) is 43.2 Å². The molecule has 0 amide bonds. The first kappa shape index (κ1) is 17.2. The molecule has 1 aromatic rings. The topological polar surface area (TPSA) is 54.4 Å². The van der Waals surface area contributed by atoms with Gasteiger partial charge in [-0.2, -0.15) is 13.2 Å². The lowest BCUT2D eigenvalue weighted by molar-refractivity contribution is -0.149. The maximum absolute atomic E-state index is 12.5. The van der Waals surface area contributed by atoms with E-state index in [4.69, 9.17) is 5.11 Å². The van der Waals surface area contributed by atoms with Crippen molar-refractivity contribution >= 4 is 11.8 Å². The fraction of sp³-hybridized carbons (Fsp3) is 0.467. The predicted octanol–water partition coefficient (Wildman–Crippen LogP) is 3.85. The van der Waals surface area contributed by atoms with Crippen molar-refractivity contribution in [1.29, 1.82) is 0 Å². The van der Waals surface area contributed by atoms with Gasteiger partial charge in [0.2, 0.25) is 5.78 Å². The van der Waals surface area contributed by atoms with Gasteiger partial charge in [0, 0.05) is 6.42 Å². The second-order valence-corrected chi connectivity index (χ2v) is 4.84. The third-order valence-electron chi connectivity index (χ3n) is 3.11. The van der Waals surface area contributed by atoms with Gasteiger partial charge in [0.25, 0.3) is 0 Å². The zero-order valence-corrected chi connectivity index (χ0v) is 11.4. The van der Waals surface area contributed by atoms with Gasteiger partial charge in [-0.25, -0.2) is 4.79 Å². The number of carbonyl (C=O) groups is 2. The van der Waals surface area contributed by atoms with Crippen molar-refractivity contribution in [3.63, 3.8) is 0 Å². The van der Waals surface area contributed by atoms with Gasteiger partial charge in [-0.05, 0) is 30.9 Å². The highest BCUT2D eigenvalue weighted by Gasteiger charge is 2.30. The van der Waals surface area contributed by atoms with E-state index >= 15 is 0 Å². The number of Topliss-reactive ketones (excluding diaryl/α,β-unsaturated/α-hetero) is 1. The monoisotopic (exact) mass is 302 g/mol. The van der Waals surface area contributed by atoms with E-state index in [1.54, 1.807) is 6.07 Å². The van der Waals surface area contributed by atoms with E-state index in [1.165, 1.54) is 6.07 Å². The average Bonchev–Trinajstić information content (AvgIpc) is 2.41. The summed E-state index contributed by atoms with van der Waals surface area (Å²) in [6.45, 7) is 0. The van der Waals surface area contributed by atoms with E-state index in [-0.39, 0.29) is 6.42 Å². The summed E-state index contributed by atoms with van der Waals surface area (Å²) in [5.41, 5.74) is -0.0153. The Labute approximate surface area is 120 Å². The van der Waals surface area contributed by atoms with Crippen LogP contribution in [0.25, 0.3) is 0 Å². The summed E-state index contributed by atoms with van der Waals surface area (Å²) < 4.78 is 37.6. The molecule has 116 valence electrons. The maximum Gasteiger partial charge on any atom is 0.416 e. The first-order valence-corrected chi connectivity index (χ1v) is 6.73. The minimum absolute atomic E-state index is 0.0128. The molecule has 3 nitrogen and oxygen atoms in total. The Morgan fingerprint density at radius 3 is 2.33 bits per heavy atom. The Morgan fingerprint density at radius 2 is 1.71 bits per heavy atom. The van der Waals surface area contributed by atoms with Gasteiger partial charge in [0.15, 0.2) is 0 Å². The van der Waals surface area contributed by atoms with Gasteiger partial charge in [0.1, 0.15) is 0 Å².